The maximum Gasteiger partial charge on any atom is 0.214 e. The zero-order valence-corrected chi connectivity index (χ0v) is 19.3. The maximum atomic E-state index is 12.3. The summed E-state index contributed by atoms with van der Waals surface area (Å²) >= 11 is 11.3. The highest BCUT2D eigenvalue weighted by molar-refractivity contribution is 7.94. The molecule has 0 aromatic carbocycles. The Morgan fingerprint density at radius 1 is 1.03 bits per heavy atom. The summed E-state index contributed by atoms with van der Waals surface area (Å²) in [5.41, 5.74) is 1.60. The van der Waals surface area contributed by atoms with Gasteiger partial charge >= 0.3 is 0 Å². The minimum Gasteiger partial charge on any atom is -0.249 e. The predicted molar refractivity (Wildman–Crippen MR) is 126 cm³/mol. The van der Waals surface area contributed by atoms with Crippen molar-refractivity contribution in [1.29, 1.82) is 10.5 Å². The third-order valence-corrected chi connectivity index (χ3v) is 8.66. The van der Waals surface area contributed by atoms with Gasteiger partial charge in [-0.15, -0.1) is 8.73 Å². The topological polar surface area (TPSA) is 132 Å². The molecule has 1 aliphatic carbocycles. The molecule has 2 aromatic rings. The Morgan fingerprint density at radius 2 is 1.58 bits per heavy atom. The Bertz CT molecular complexity index is 1230. The normalized spacial score (nSPS) is 17.0. The van der Waals surface area contributed by atoms with Gasteiger partial charge in [0.1, 0.15) is 10.3 Å². The van der Waals surface area contributed by atoms with Gasteiger partial charge in [0, 0.05) is 26.3 Å². The number of aromatic nitrogens is 2. The largest absolute Gasteiger partial charge is 0.249 e. The molecule has 3 rings (SSSR count). The van der Waals surface area contributed by atoms with E-state index in [-0.39, 0.29) is 14.6 Å². The van der Waals surface area contributed by atoms with Crippen molar-refractivity contribution < 1.29 is 9.84 Å². The van der Waals surface area contributed by atoms with Gasteiger partial charge in [-0.3, -0.25) is 0 Å². The number of halogens is 2. The van der Waals surface area contributed by atoms with Crippen LogP contribution in [0.15, 0.2) is 45.4 Å². The van der Waals surface area contributed by atoms with Crippen LogP contribution in [-0.4, -0.2) is 30.9 Å². The van der Waals surface area contributed by atoms with Crippen molar-refractivity contribution >= 4 is 42.7 Å². The van der Waals surface area contributed by atoms with Gasteiger partial charge in [-0.05, 0) is 36.1 Å². The molecular weight excluding hydrogens is 479 g/mol. The molecule has 168 valence electrons. The number of nitrogens with zero attached hydrogens (tertiary/aromatic N) is 6. The summed E-state index contributed by atoms with van der Waals surface area (Å²) in [5.74, 6) is 0.213. The quantitative estimate of drug-likeness (QED) is 0.425. The molecule has 0 amide bonds. The first-order chi connectivity index (χ1) is 14.0. The Balaban J connectivity index is 0.000000570. The zero-order chi connectivity index (χ0) is 22.4. The number of pyridine rings is 2. The van der Waals surface area contributed by atoms with E-state index in [4.69, 9.17) is 33.7 Å². The lowest BCUT2D eigenvalue weighted by Gasteiger charge is -2.15. The molecule has 2 heterocycles. The number of rotatable bonds is 4. The fourth-order valence-electron chi connectivity index (χ4n) is 2.73. The van der Waals surface area contributed by atoms with Gasteiger partial charge in [-0.25, -0.2) is 18.4 Å². The van der Waals surface area contributed by atoms with E-state index in [1.54, 1.807) is 42.8 Å². The zero-order valence-electron chi connectivity index (χ0n) is 16.2. The molecule has 31 heavy (non-hydrogen) atoms. The van der Waals surface area contributed by atoms with Gasteiger partial charge in [0.2, 0.25) is 12.4 Å². The molecule has 2 aromatic heterocycles. The van der Waals surface area contributed by atoms with Crippen molar-refractivity contribution in [2.45, 2.75) is 30.8 Å². The van der Waals surface area contributed by atoms with Crippen molar-refractivity contribution in [3.8, 4) is 12.4 Å². The first-order valence-corrected chi connectivity index (χ1v) is 13.2. The van der Waals surface area contributed by atoms with Crippen LogP contribution in [0, 0.1) is 22.9 Å². The van der Waals surface area contributed by atoms with E-state index in [9.17, 15) is 8.42 Å². The minimum absolute atomic E-state index is 0. The van der Waals surface area contributed by atoms with Crippen molar-refractivity contribution in [3.63, 3.8) is 0 Å². The summed E-state index contributed by atoms with van der Waals surface area (Å²) < 4.78 is 30.3. The molecule has 1 aliphatic rings. The number of hydrogen-bond acceptors (Lipinski definition) is 8. The smallest absolute Gasteiger partial charge is 0.214 e. The van der Waals surface area contributed by atoms with Crippen LogP contribution < -0.4 is 0 Å². The van der Waals surface area contributed by atoms with Crippen LogP contribution in [-0.2, 0) is 30.0 Å². The van der Waals surface area contributed by atoms with E-state index in [0.717, 1.165) is 24.0 Å². The fraction of sp³-hybridized carbons (Fsp3) is 0.368. The highest BCUT2D eigenvalue weighted by atomic mass is 35.5. The molecule has 12 heteroatoms. The molecule has 0 aliphatic heterocycles. The molecule has 0 spiro atoms. The van der Waals surface area contributed by atoms with Crippen molar-refractivity contribution in [3.05, 3.63) is 58.1 Å². The summed E-state index contributed by atoms with van der Waals surface area (Å²) in [4.78, 5) is 7.81. The van der Waals surface area contributed by atoms with Crippen LogP contribution in [0.1, 0.15) is 32.8 Å². The number of hydrogen-bond donors (Lipinski definition) is 0. The average molecular weight is 504 g/mol. The second-order valence-corrected chi connectivity index (χ2v) is 12.4. The summed E-state index contributed by atoms with van der Waals surface area (Å²) in [7, 11) is -5.00. The van der Waals surface area contributed by atoms with E-state index in [2.05, 4.69) is 18.7 Å². The minimum atomic E-state index is -2.53. The third kappa shape index (κ3) is 7.15. The van der Waals surface area contributed by atoms with Crippen LogP contribution in [0.5, 0.6) is 0 Å². The molecule has 2 unspecified atom stereocenters. The SMILES string of the molecule is C.CS(=O)(=NC#N)C1(c2ccc(Cl)nc2)CC1.CS(=O)(Cc1ccc(Cl)nc1)=NC#N.[2HH]. The molecule has 0 bridgehead atoms. The maximum absolute atomic E-state index is 12.3. The van der Waals surface area contributed by atoms with Crippen LogP contribution in [0.25, 0.3) is 0 Å². The predicted octanol–water partition coefficient (Wildman–Crippen LogP) is 5.00. The van der Waals surface area contributed by atoms with Crippen LogP contribution in [0.2, 0.25) is 10.3 Å². The Labute approximate surface area is 195 Å². The average Bonchev–Trinajstić information content (AvgIpc) is 3.47. The van der Waals surface area contributed by atoms with Gasteiger partial charge in [0.25, 0.3) is 0 Å². The van der Waals surface area contributed by atoms with Crippen LogP contribution >= 0.6 is 23.2 Å². The van der Waals surface area contributed by atoms with E-state index in [1.807, 2.05) is 0 Å². The summed E-state index contributed by atoms with van der Waals surface area (Å²) in [6.07, 6.45) is 10.8. The monoisotopic (exact) mass is 503 g/mol. The summed E-state index contributed by atoms with van der Waals surface area (Å²) in [6.45, 7) is 0. The third-order valence-electron chi connectivity index (χ3n) is 4.35. The van der Waals surface area contributed by atoms with E-state index < -0.39 is 24.2 Å². The van der Waals surface area contributed by atoms with Gasteiger partial charge in [0.05, 0.1) is 30.0 Å². The molecule has 8 nitrogen and oxygen atoms in total. The van der Waals surface area contributed by atoms with E-state index >= 15 is 0 Å². The molecular formula is C19H24Cl2N6O2S2. The highest BCUT2D eigenvalue weighted by Gasteiger charge is 2.52. The van der Waals surface area contributed by atoms with Crippen LogP contribution in [0.3, 0.4) is 0 Å². The van der Waals surface area contributed by atoms with Gasteiger partial charge in [-0.2, -0.15) is 10.5 Å². The lowest BCUT2D eigenvalue weighted by molar-refractivity contribution is 0.668. The molecule has 0 radical (unpaired) electrons. The molecule has 0 N–H and O–H groups in total. The van der Waals surface area contributed by atoms with E-state index in [0.29, 0.717) is 10.3 Å². The second kappa shape index (κ2) is 10.9. The number of nitriles is 2. The van der Waals surface area contributed by atoms with Crippen molar-refractivity contribution in [2.75, 3.05) is 12.5 Å². The fourth-order valence-corrected chi connectivity index (χ4v) is 5.73. The first kappa shape index (κ1) is 26.8. The standard InChI is InChI=1S/C10H10ClN3OS.C8H8ClN3OS.CH4.H2/c1-16(15,14-7-12)10(4-5-10)8-2-3-9(11)13-6-8;1-14(13,12-6-10)5-7-2-3-8(9)11-4-7;;/h2-3,6H,4-5H2,1H3;2-4H,5H2,1H3;1H4;1H/i;;;1+1. The molecule has 1 fully saturated rings. The Kier molecular flexibility index (Phi) is 9.40. The van der Waals surface area contributed by atoms with Gasteiger partial charge in [0.15, 0.2) is 0 Å². The van der Waals surface area contributed by atoms with Crippen molar-refractivity contribution in [1.82, 2.24) is 9.97 Å². The van der Waals surface area contributed by atoms with Gasteiger partial charge < -0.3 is 0 Å². The van der Waals surface area contributed by atoms with Gasteiger partial charge in [-0.1, -0.05) is 42.8 Å². The molecule has 0 saturated heterocycles. The Hall–Kier alpha value is -2.24. The van der Waals surface area contributed by atoms with Crippen LogP contribution in [0.4, 0.5) is 0 Å². The lowest BCUT2D eigenvalue weighted by Crippen LogP contribution is -2.19. The summed E-state index contributed by atoms with van der Waals surface area (Å²) in [5, 5.41) is 17.6. The molecule has 2 atom stereocenters. The highest BCUT2D eigenvalue weighted by Crippen LogP contribution is 2.53. The Morgan fingerprint density at radius 3 is 2.00 bits per heavy atom. The second-order valence-electron chi connectivity index (χ2n) is 6.64. The first-order valence-electron chi connectivity index (χ1n) is 8.45. The lowest BCUT2D eigenvalue weighted by atomic mass is 10.2. The molecule has 1 saturated carbocycles. The van der Waals surface area contributed by atoms with E-state index in [1.165, 1.54) is 18.7 Å². The van der Waals surface area contributed by atoms with Crippen molar-refractivity contribution in [2.24, 2.45) is 8.73 Å². The summed E-state index contributed by atoms with van der Waals surface area (Å²) in [6, 6.07) is 6.79.